The van der Waals surface area contributed by atoms with E-state index in [1.807, 2.05) is 42.5 Å². The number of allylic oxidation sites excluding steroid dienone is 1. The van der Waals surface area contributed by atoms with Crippen LogP contribution in [0.2, 0.25) is 0 Å². The lowest BCUT2D eigenvalue weighted by molar-refractivity contribution is -0.0496. The van der Waals surface area contributed by atoms with Crippen molar-refractivity contribution in [1.29, 1.82) is 0 Å². The molecule has 0 aliphatic heterocycles. The molecule has 6 rings (SSSR count). The van der Waals surface area contributed by atoms with Crippen LogP contribution in [0.1, 0.15) is 50.5 Å². The molecule has 2 aromatic rings. The number of rotatable bonds is 3. The molecule has 0 saturated heterocycles. The third-order valence-electron chi connectivity index (χ3n) is 7.04. The summed E-state index contributed by atoms with van der Waals surface area (Å²) in [7, 11) is 0. The van der Waals surface area contributed by atoms with E-state index in [-0.39, 0.29) is 5.41 Å². The highest BCUT2D eigenvalue weighted by molar-refractivity contribution is 5.86. The second-order valence-electron chi connectivity index (χ2n) is 8.90. The van der Waals surface area contributed by atoms with E-state index in [9.17, 15) is 8.78 Å². The Balaban J connectivity index is 1.50. The zero-order valence-electron chi connectivity index (χ0n) is 14.5. The van der Waals surface area contributed by atoms with Gasteiger partial charge in [-0.15, -0.1) is 0 Å². The molecule has 4 fully saturated rings. The Morgan fingerprint density at radius 1 is 0.840 bits per heavy atom. The van der Waals surface area contributed by atoms with Gasteiger partial charge in [0, 0.05) is 5.57 Å². The van der Waals surface area contributed by atoms with Crippen molar-refractivity contribution in [3.8, 4) is 0 Å². The monoisotopic (exact) mass is 338 g/mol. The van der Waals surface area contributed by atoms with Crippen LogP contribution < -0.4 is 0 Å². The molecule has 2 heteroatoms. The predicted octanol–water partition coefficient (Wildman–Crippen LogP) is 7.05. The van der Waals surface area contributed by atoms with Gasteiger partial charge >= 0.3 is 0 Å². The Morgan fingerprint density at radius 2 is 1.44 bits per heavy atom. The van der Waals surface area contributed by atoms with Crippen molar-refractivity contribution >= 4 is 16.3 Å². The van der Waals surface area contributed by atoms with Gasteiger partial charge in [0.05, 0.1) is 0 Å². The summed E-state index contributed by atoms with van der Waals surface area (Å²) >= 11 is 0. The topological polar surface area (TPSA) is 0 Å². The van der Waals surface area contributed by atoms with Crippen LogP contribution in [0.5, 0.6) is 0 Å². The van der Waals surface area contributed by atoms with Crippen LogP contribution in [0.3, 0.4) is 0 Å². The third-order valence-corrected chi connectivity index (χ3v) is 7.04. The number of hydrogen-bond donors (Lipinski definition) is 0. The zero-order valence-corrected chi connectivity index (χ0v) is 14.5. The summed E-state index contributed by atoms with van der Waals surface area (Å²) in [4.78, 5) is 0. The molecule has 4 bridgehead atoms. The largest absolute Gasteiger partial charge is 0.274 e. The summed E-state index contributed by atoms with van der Waals surface area (Å²) in [6, 6.07) is 13.8. The first kappa shape index (κ1) is 15.5. The molecule has 0 unspecified atom stereocenters. The van der Waals surface area contributed by atoms with Crippen molar-refractivity contribution in [2.45, 2.75) is 44.9 Å². The average molecular weight is 338 g/mol. The average Bonchev–Trinajstić information content (AvgIpc) is 2.58. The van der Waals surface area contributed by atoms with Crippen LogP contribution in [0.15, 0.2) is 48.5 Å². The van der Waals surface area contributed by atoms with Crippen molar-refractivity contribution < 1.29 is 8.78 Å². The second kappa shape index (κ2) is 5.65. The van der Waals surface area contributed by atoms with E-state index < -0.39 is 6.08 Å². The van der Waals surface area contributed by atoms with Crippen LogP contribution in [-0.2, 0) is 0 Å². The van der Waals surface area contributed by atoms with Gasteiger partial charge in [-0.05, 0) is 90.5 Å². The molecule has 0 nitrogen and oxygen atoms in total. The first-order valence-electron chi connectivity index (χ1n) is 9.64. The Bertz CT molecular complexity index is 809. The maximum Gasteiger partial charge on any atom is 0.274 e. The number of halogens is 2. The Hall–Kier alpha value is -1.70. The second-order valence-corrected chi connectivity index (χ2v) is 8.90. The van der Waals surface area contributed by atoms with E-state index in [1.165, 1.54) is 38.5 Å². The van der Waals surface area contributed by atoms with Crippen molar-refractivity contribution in [3.05, 3.63) is 54.1 Å². The van der Waals surface area contributed by atoms with Crippen LogP contribution >= 0.6 is 0 Å². The number of hydrogen-bond acceptors (Lipinski definition) is 0. The van der Waals surface area contributed by atoms with Gasteiger partial charge in [-0.3, -0.25) is 0 Å². The van der Waals surface area contributed by atoms with Gasteiger partial charge in [0.1, 0.15) is 0 Å². The molecule has 0 spiro atoms. The van der Waals surface area contributed by atoms with Crippen molar-refractivity contribution in [2.75, 3.05) is 0 Å². The minimum atomic E-state index is -1.48. The van der Waals surface area contributed by atoms with E-state index >= 15 is 0 Å². The molecule has 130 valence electrons. The van der Waals surface area contributed by atoms with Gasteiger partial charge in [0.2, 0.25) is 0 Å². The first-order chi connectivity index (χ1) is 12.1. The highest BCUT2D eigenvalue weighted by Gasteiger charge is 2.51. The maximum atomic E-state index is 13.9. The summed E-state index contributed by atoms with van der Waals surface area (Å²) in [5.74, 6) is 2.39. The molecule has 25 heavy (non-hydrogen) atoms. The Kier molecular flexibility index (Phi) is 3.52. The lowest BCUT2D eigenvalue weighted by atomic mass is 9.48. The van der Waals surface area contributed by atoms with Crippen molar-refractivity contribution in [2.24, 2.45) is 23.2 Å². The molecular formula is C23H24F2. The Labute approximate surface area is 147 Å². The maximum absolute atomic E-state index is 13.9. The number of benzene rings is 2. The fraction of sp³-hybridized carbons (Fsp3) is 0.478. The molecule has 0 N–H and O–H groups in total. The van der Waals surface area contributed by atoms with Gasteiger partial charge in [-0.25, -0.2) is 0 Å². The van der Waals surface area contributed by atoms with Crippen LogP contribution in [0.4, 0.5) is 8.78 Å². The van der Waals surface area contributed by atoms with E-state index in [0.29, 0.717) is 12.0 Å². The molecular weight excluding hydrogens is 314 g/mol. The molecule has 0 heterocycles. The minimum Gasteiger partial charge on any atom is -0.173 e. The lowest BCUT2D eigenvalue weighted by Gasteiger charge is -2.57. The molecule has 0 aromatic heterocycles. The van der Waals surface area contributed by atoms with E-state index in [1.54, 1.807) is 0 Å². The first-order valence-corrected chi connectivity index (χ1v) is 9.64. The molecule has 0 atom stereocenters. The molecule has 0 radical (unpaired) electrons. The smallest absolute Gasteiger partial charge is 0.173 e. The summed E-state index contributed by atoms with van der Waals surface area (Å²) in [5, 5.41) is 2.16. The fourth-order valence-corrected chi connectivity index (χ4v) is 6.54. The van der Waals surface area contributed by atoms with Gasteiger partial charge in [0.15, 0.2) is 0 Å². The van der Waals surface area contributed by atoms with Crippen LogP contribution in [0, 0.1) is 23.2 Å². The van der Waals surface area contributed by atoms with Crippen LogP contribution in [-0.4, -0.2) is 0 Å². The van der Waals surface area contributed by atoms with E-state index in [2.05, 4.69) is 0 Å². The molecule has 4 aliphatic carbocycles. The van der Waals surface area contributed by atoms with E-state index in [0.717, 1.165) is 34.1 Å². The predicted molar refractivity (Wildman–Crippen MR) is 98.3 cm³/mol. The molecule has 0 amide bonds. The van der Waals surface area contributed by atoms with Crippen molar-refractivity contribution in [3.63, 3.8) is 0 Å². The summed E-state index contributed by atoms with van der Waals surface area (Å²) < 4.78 is 27.9. The lowest BCUT2D eigenvalue weighted by Crippen LogP contribution is -2.46. The quantitative estimate of drug-likeness (QED) is 0.562. The molecule has 4 aliphatic rings. The van der Waals surface area contributed by atoms with Gasteiger partial charge in [0.25, 0.3) is 6.08 Å². The Morgan fingerprint density at radius 3 is 2.04 bits per heavy atom. The summed E-state index contributed by atoms with van der Waals surface area (Å²) in [6.45, 7) is 0. The molecule has 2 aromatic carbocycles. The van der Waals surface area contributed by atoms with Gasteiger partial charge in [-0.2, -0.15) is 8.78 Å². The fourth-order valence-electron chi connectivity index (χ4n) is 6.54. The number of fused-ring (bicyclic) bond motifs is 1. The highest BCUT2D eigenvalue weighted by Crippen LogP contribution is 2.62. The standard InChI is InChI=1S/C23H24F2/c24-22(25)21(20-6-5-18-3-1-2-4-19(18)10-20)14-23-11-15-7-16(12-23)9-17(8-15)13-23/h1-6,10,15-17H,7-9,11-14H2. The summed E-state index contributed by atoms with van der Waals surface area (Å²) in [5.41, 5.74) is 1.15. The van der Waals surface area contributed by atoms with Crippen molar-refractivity contribution in [1.82, 2.24) is 0 Å². The molecule has 4 saturated carbocycles. The van der Waals surface area contributed by atoms with Crippen LogP contribution in [0.25, 0.3) is 16.3 Å². The summed E-state index contributed by atoms with van der Waals surface area (Å²) in [6.07, 6.45) is 6.66. The third kappa shape index (κ3) is 2.70. The van der Waals surface area contributed by atoms with Gasteiger partial charge < -0.3 is 0 Å². The highest BCUT2D eigenvalue weighted by atomic mass is 19.3. The zero-order chi connectivity index (χ0) is 17.0. The van der Waals surface area contributed by atoms with E-state index in [4.69, 9.17) is 0 Å². The SMILES string of the molecule is FC(F)=C(CC12CC3CC(CC(C3)C1)C2)c1ccc2ccccc2c1. The minimum absolute atomic E-state index is 0.138. The van der Waals surface area contributed by atoms with Gasteiger partial charge in [-0.1, -0.05) is 36.4 Å². The normalized spacial score (nSPS) is 33.0.